The lowest BCUT2D eigenvalue weighted by Crippen LogP contribution is -2.58. The maximum Gasteiger partial charge on any atom is 0.328 e. The maximum absolute atomic E-state index is 13.7. The monoisotopic (exact) mass is 802 g/mol. The summed E-state index contributed by atoms with van der Waals surface area (Å²) in [4.78, 5) is 44.8. The zero-order chi connectivity index (χ0) is 37.5. The lowest BCUT2D eigenvalue weighted by molar-refractivity contribution is -0.00464. The fourth-order valence-corrected chi connectivity index (χ4v) is 21.4. The molecule has 6 nitrogen and oxygen atoms in total. The fourth-order valence-electron chi connectivity index (χ4n) is 11.8. The minimum atomic E-state index is -4.44. The fraction of sp³-hybridized carbons (Fsp3) is 0.455. The molecule has 10 heteroatoms. The van der Waals surface area contributed by atoms with E-state index in [9.17, 15) is 28.7 Å². The van der Waals surface area contributed by atoms with Gasteiger partial charge in [-0.3, -0.25) is 9.13 Å². The van der Waals surface area contributed by atoms with Crippen molar-refractivity contribution in [3.05, 3.63) is 121 Å². The topological polar surface area (TPSA) is 115 Å². The average molecular weight is 803 g/mol. The van der Waals surface area contributed by atoms with Crippen molar-refractivity contribution in [1.82, 2.24) is 0 Å². The summed E-state index contributed by atoms with van der Waals surface area (Å²) < 4.78 is 27.4. The van der Waals surface area contributed by atoms with Crippen LogP contribution >= 0.6 is 31.0 Å². The van der Waals surface area contributed by atoms with Crippen LogP contribution in [0.1, 0.15) is 64.2 Å². The van der Waals surface area contributed by atoms with Crippen molar-refractivity contribution in [3.8, 4) is 0 Å². The average Bonchev–Trinajstić information content (AvgIpc) is 3.18. The summed E-state index contributed by atoms with van der Waals surface area (Å²) in [5.41, 5.74) is -1.35. The van der Waals surface area contributed by atoms with Crippen LogP contribution < -0.4 is 21.2 Å². The molecule has 0 aromatic heterocycles. The van der Waals surface area contributed by atoms with Gasteiger partial charge in [0.05, 0.1) is 11.3 Å². The van der Waals surface area contributed by atoms with E-state index >= 15 is 0 Å². The molecule has 4 fully saturated rings. The van der Waals surface area contributed by atoms with E-state index < -0.39 is 42.4 Å². The highest BCUT2D eigenvalue weighted by Crippen LogP contribution is 2.70. The van der Waals surface area contributed by atoms with Crippen LogP contribution in [0.4, 0.5) is 0 Å². The van der Waals surface area contributed by atoms with Gasteiger partial charge in [-0.1, -0.05) is 147 Å². The normalized spacial score (nSPS) is 31.8. The summed E-state index contributed by atoms with van der Waals surface area (Å²) >= 11 is 0. The first kappa shape index (κ1) is 38.9. The van der Waals surface area contributed by atoms with Crippen molar-refractivity contribution >= 4 is 52.3 Å². The molecule has 0 radical (unpaired) electrons. The molecule has 0 amide bonds. The Morgan fingerprint density at radius 2 is 0.667 bits per heavy atom. The third-order valence-corrected chi connectivity index (χ3v) is 22.5. The number of hydrogen-bond donors (Lipinski definition) is 4. The predicted molar refractivity (Wildman–Crippen MR) is 224 cm³/mol. The van der Waals surface area contributed by atoms with Crippen molar-refractivity contribution in [2.24, 2.45) is 35.5 Å². The summed E-state index contributed by atoms with van der Waals surface area (Å²) in [6, 6.07) is 42.8. The highest BCUT2D eigenvalue weighted by Gasteiger charge is 2.61. The van der Waals surface area contributed by atoms with Crippen molar-refractivity contribution in [2.45, 2.75) is 86.8 Å². The molecule has 4 aliphatic carbocycles. The van der Waals surface area contributed by atoms with Crippen molar-refractivity contribution in [3.63, 3.8) is 0 Å². The Morgan fingerprint density at radius 1 is 0.407 bits per heavy atom. The molecular weight excluding hydrogens is 748 g/mol. The van der Waals surface area contributed by atoms with Crippen LogP contribution in [0.2, 0.25) is 0 Å². The van der Waals surface area contributed by atoms with Crippen molar-refractivity contribution in [1.29, 1.82) is 0 Å². The van der Waals surface area contributed by atoms with E-state index in [4.69, 9.17) is 0 Å². The molecule has 10 unspecified atom stereocenters. The zero-order valence-electron chi connectivity index (χ0n) is 30.8. The van der Waals surface area contributed by atoms with Crippen LogP contribution in [0, 0.1) is 35.5 Å². The van der Waals surface area contributed by atoms with Crippen molar-refractivity contribution < 1.29 is 28.7 Å². The highest BCUT2D eigenvalue weighted by atomic mass is 31.2. The molecule has 0 bridgehead atoms. The predicted octanol–water partition coefficient (Wildman–Crippen LogP) is 8.73. The van der Waals surface area contributed by atoms with Gasteiger partial charge in [0.1, 0.15) is 0 Å². The zero-order valence-corrected chi connectivity index (χ0v) is 34.4. The second-order valence-corrected chi connectivity index (χ2v) is 24.9. The molecular formula is C44H54O6P4. The first-order chi connectivity index (χ1) is 26.1. The molecule has 10 atom stereocenters. The summed E-state index contributed by atoms with van der Waals surface area (Å²) in [6.45, 7) is 0. The van der Waals surface area contributed by atoms with E-state index in [0.717, 1.165) is 51.4 Å². The number of hydrogen-bond acceptors (Lipinski definition) is 2. The van der Waals surface area contributed by atoms with Crippen LogP contribution in [0.3, 0.4) is 0 Å². The Balaban J connectivity index is 1.39. The van der Waals surface area contributed by atoms with E-state index in [-0.39, 0.29) is 46.8 Å². The van der Waals surface area contributed by atoms with E-state index in [1.54, 1.807) is 0 Å². The van der Waals surface area contributed by atoms with E-state index in [1.165, 1.54) is 21.2 Å². The van der Waals surface area contributed by atoms with Gasteiger partial charge in [-0.15, -0.1) is 0 Å². The molecule has 0 heterocycles. The molecule has 4 aliphatic rings. The molecule has 286 valence electrons. The Kier molecular flexibility index (Phi) is 11.9. The maximum atomic E-state index is 13.7. The van der Waals surface area contributed by atoms with Gasteiger partial charge in [0, 0.05) is 0 Å². The molecule has 0 spiro atoms. The van der Waals surface area contributed by atoms with Gasteiger partial charge in [-0.05, 0) is 122 Å². The summed E-state index contributed by atoms with van der Waals surface area (Å²) in [5, 5.41) is 4.95. The summed E-state index contributed by atoms with van der Waals surface area (Å²) in [5.74, 6) is 0.471. The lowest BCUT2D eigenvalue weighted by atomic mass is 9.54. The SMILES string of the molecule is O=P(O)(O)C1CC(P(c2ccccc2)c2ccccc2)C(C2C3CCCCC3C(P(=O)(O)O)CC2P(c2ccccc2)c2ccccc2)C2CCCCC21. The highest BCUT2D eigenvalue weighted by molar-refractivity contribution is 7.74. The minimum absolute atomic E-state index is 0.00635. The summed E-state index contributed by atoms with van der Waals surface area (Å²) in [7, 11) is -10.9. The minimum Gasteiger partial charge on any atom is -0.324 e. The van der Waals surface area contributed by atoms with Crippen LogP contribution in [0.15, 0.2) is 121 Å². The van der Waals surface area contributed by atoms with E-state index in [2.05, 4.69) is 121 Å². The van der Waals surface area contributed by atoms with Gasteiger partial charge in [0.15, 0.2) is 0 Å². The second kappa shape index (κ2) is 16.5. The van der Waals surface area contributed by atoms with Gasteiger partial charge in [0.25, 0.3) is 0 Å². The lowest BCUT2D eigenvalue weighted by Gasteiger charge is -2.61. The number of fused-ring (bicyclic) bond motifs is 2. The van der Waals surface area contributed by atoms with Gasteiger partial charge < -0.3 is 19.6 Å². The number of rotatable bonds is 9. The van der Waals surface area contributed by atoms with Gasteiger partial charge in [-0.25, -0.2) is 0 Å². The van der Waals surface area contributed by atoms with Crippen LogP contribution in [0.25, 0.3) is 0 Å². The van der Waals surface area contributed by atoms with Gasteiger partial charge in [-0.2, -0.15) is 0 Å². The molecule has 4 aromatic carbocycles. The van der Waals surface area contributed by atoms with Gasteiger partial charge >= 0.3 is 15.2 Å². The third-order valence-electron chi connectivity index (χ3n) is 13.7. The summed E-state index contributed by atoms with van der Waals surface area (Å²) in [6.07, 6.45) is 8.60. The second-order valence-electron chi connectivity index (χ2n) is 16.4. The Labute approximate surface area is 323 Å². The number of benzene rings is 4. The van der Waals surface area contributed by atoms with E-state index in [0.29, 0.717) is 12.8 Å². The third kappa shape index (κ3) is 7.82. The standard InChI is InChI=1S/C44H54O6P4/c45-53(46,47)41-29-39(51(31-17-5-1-6-18-31)32-19-7-2-8-20-32)43(37-27-15-13-25-35(37)41)44-38-28-16-14-26-36(38)42(54(48,49)50)30-40(44)52(33-21-9-3-10-22-33)34-23-11-4-12-24-34/h1-12,17-24,35-44H,13-16,25-30H2,(H2,45,46,47)(H2,48,49,50). The van der Waals surface area contributed by atoms with Crippen LogP contribution in [-0.4, -0.2) is 42.2 Å². The first-order valence-corrected chi connectivity index (χ1v) is 26.2. The first-order valence-electron chi connectivity index (χ1n) is 20.0. The van der Waals surface area contributed by atoms with Gasteiger partial charge in [0.2, 0.25) is 0 Å². The van der Waals surface area contributed by atoms with Crippen LogP contribution in [-0.2, 0) is 9.13 Å². The molecule has 54 heavy (non-hydrogen) atoms. The molecule has 0 saturated heterocycles. The Morgan fingerprint density at radius 3 is 0.926 bits per heavy atom. The Bertz CT molecular complexity index is 1700. The quantitative estimate of drug-likeness (QED) is 0.126. The molecule has 4 N–H and O–H groups in total. The molecule has 8 rings (SSSR count). The molecule has 4 aromatic rings. The smallest absolute Gasteiger partial charge is 0.324 e. The molecule has 4 saturated carbocycles. The van der Waals surface area contributed by atoms with Crippen LogP contribution in [0.5, 0.6) is 0 Å². The molecule has 0 aliphatic heterocycles. The van der Waals surface area contributed by atoms with Crippen molar-refractivity contribution in [2.75, 3.05) is 0 Å². The largest absolute Gasteiger partial charge is 0.328 e. The van der Waals surface area contributed by atoms with E-state index in [1.807, 2.05) is 0 Å². The Hall–Kier alpha value is -1.96.